The fourth-order valence-corrected chi connectivity index (χ4v) is 9.48. The highest BCUT2D eigenvalue weighted by Crippen LogP contribution is 2.64. The third-order valence-electron chi connectivity index (χ3n) is 11.8. The Morgan fingerprint density at radius 1 is 0.868 bits per heavy atom. The number of piperidine rings is 1. The van der Waals surface area contributed by atoms with E-state index in [1.54, 1.807) is 54.6 Å². The number of ether oxygens (including phenoxy) is 1. The summed E-state index contributed by atoms with van der Waals surface area (Å²) in [4.78, 5) is 38.1. The molecule has 2 fully saturated rings. The number of aromatic hydroxyl groups is 3. The normalized spacial score (nSPS) is 23.8. The van der Waals surface area contributed by atoms with E-state index < -0.39 is 40.6 Å². The molecule has 6 N–H and O–H groups in total. The van der Waals surface area contributed by atoms with Gasteiger partial charge in [-0.05, 0) is 64.6 Å². The van der Waals surface area contributed by atoms with Crippen LogP contribution in [0.3, 0.4) is 0 Å². The van der Waals surface area contributed by atoms with Crippen molar-refractivity contribution < 1.29 is 49.8 Å². The van der Waals surface area contributed by atoms with Gasteiger partial charge in [0.1, 0.15) is 22.6 Å². The van der Waals surface area contributed by atoms with Gasteiger partial charge in [0.2, 0.25) is 0 Å². The van der Waals surface area contributed by atoms with Crippen LogP contribution in [0.15, 0.2) is 85.5 Å². The first-order chi connectivity index (χ1) is 25.4. The van der Waals surface area contributed by atoms with E-state index in [9.17, 15) is 45.0 Å². The van der Waals surface area contributed by atoms with Gasteiger partial charge in [-0.2, -0.15) is 0 Å². The Bertz CT molecular complexity index is 2300. The maximum absolute atomic E-state index is 12.6. The first-order valence-corrected chi connectivity index (χ1v) is 17.5. The molecule has 9 rings (SSSR count). The average molecular weight is 716 g/mol. The molecule has 4 atom stereocenters. The molecule has 2 aliphatic carbocycles. The summed E-state index contributed by atoms with van der Waals surface area (Å²) in [6.07, 6.45) is 3.31. The predicted molar refractivity (Wildman–Crippen MR) is 195 cm³/mol. The molecule has 11 heteroatoms. The van der Waals surface area contributed by atoms with Gasteiger partial charge in [-0.3, -0.25) is 9.69 Å². The average Bonchev–Trinajstić information content (AvgIpc) is 3.50. The molecular weight excluding hydrogens is 678 g/mol. The Kier molecular flexibility index (Phi) is 7.97. The Labute approximate surface area is 303 Å². The zero-order valence-corrected chi connectivity index (χ0v) is 28.6. The predicted octanol–water partition coefficient (Wildman–Crippen LogP) is 5.69. The van der Waals surface area contributed by atoms with Gasteiger partial charge in [-0.15, -0.1) is 6.58 Å². The van der Waals surface area contributed by atoms with Crippen LogP contribution >= 0.6 is 0 Å². The molecule has 5 aromatic carbocycles. The SMILES string of the molecule is C=CCN1CC[C@]23c4c5ccc(O)c4OC2C(=O)CC[C@@]3(O)[C@H]1C5.O=C(O)c1cc2ccccc2c(Cc2c(O)c(C(=O)O)cc3ccccc23)c1O. The second kappa shape index (κ2) is 12.4. The third kappa shape index (κ3) is 4.91. The molecule has 1 unspecified atom stereocenters. The van der Waals surface area contributed by atoms with Gasteiger partial charge in [0.05, 0.1) is 11.0 Å². The summed E-state index contributed by atoms with van der Waals surface area (Å²) >= 11 is 0. The van der Waals surface area contributed by atoms with Crippen molar-refractivity contribution in [3.8, 4) is 23.0 Å². The topological polar surface area (TPSA) is 185 Å². The summed E-state index contributed by atoms with van der Waals surface area (Å²) in [6.45, 7) is 5.36. The van der Waals surface area contributed by atoms with E-state index in [2.05, 4.69) is 11.5 Å². The van der Waals surface area contributed by atoms with E-state index in [-0.39, 0.29) is 35.1 Å². The molecule has 11 nitrogen and oxygen atoms in total. The number of benzene rings is 5. The van der Waals surface area contributed by atoms with Gasteiger partial charge < -0.3 is 35.4 Å². The van der Waals surface area contributed by atoms with E-state index in [4.69, 9.17) is 4.74 Å². The fourth-order valence-electron chi connectivity index (χ4n) is 9.48. The number of nitrogens with zero attached hydrogens (tertiary/aromatic N) is 1. The van der Waals surface area contributed by atoms with Crippen molar-refractivity contribution in [1.29, 1.82) is 0 Å². The van der Waals surface area contributed by atoms with Crippen LogP contribution in [-0.2, 0) is 23.1 Å². The van der Waals surface area contributed by atoms with Crippen LogP contribution in [0.2, 0.25) is 0 Å². The summed E-state index contributed by atoms with van der Waals surface area (Å²) in [7, 11) is 0. The number of likely N-dealkylation sites (tertiary alicyclic amines) is 1. The van der Waals surface area contributed by atoms with E-state index in [1.165, 1.54) is 12.1 Å². The van der Waals surface area contributed by atoms with Crippen molar-refractivity contribution in [2.45, 2.75) is 55.3 Å². The van der Waals surface area contributed by atoms with E-state index in [1.807, 2.05) is 12.1 Å². The molecule has 2 heterocycles. The number of fused-ring (bicyclic) bond motifs is 2. The molecule has 0 aromatic heterocycles. The molecule has 2 bridgehead atoms. The van der Waals surface area contributed by atoms with Gasteiger partial charge in [-0.25, -0.2) is 9.59 Å². The van der Waals surface area contributed by atoms with Crippen molar-refractivity contribution in [3.05, 3.63) is 119 Å². The maximum Gasteiger partial charge on any atom is 0.339 e. The van der Waals surface area contributed by atoms with Gasteiger partial charge in [0, 0.05) is 48.7 Å². The lowest BCUT2D eigenvalue weighted by Gasteiger charge is -2.62. The lowest BCUT2D eigenvalue weighted by molar-refractivity contribution is -0.187. The van der Waals surface area contributed by atoms with Crippen molar-refractivity contribution in [1.82, 2.24) is 4.90 Å². The number of ketones is 1. The molecule has 4 aliphatic rings. The molecule has 270 valence electrons. The number of Topliss-reactive ketones (excluding diaryl/α,β-unsaturated/α-hetero) is 1. The molecule has 0 amide bonds. The summed E-state index contributed by atoms with van der Waals surface area (Å²) in [5.41, 5.74) is 0.368. The number of carbonyl (C=O) groups is 3. The molecule has 53 heavy (non-hydrogen) atoms. The van der Waals surface area contributed by atoms with Crippen LogP contribution in [0.4, 0.5) is 0 Å². The van der Waals surface area contributed by atoms with Crippen LogP contribution in [0.1, 0.15) is 62.2 Å². The molecular formula is C42H37NO10. The zero-order valence-electron chi connectivity index (χ0n) is 28.6. The Hall–Kier alpha value is -5.91. The lowest BCUT2D eigenvalue weighted by atomic mass is 9.49. The molecule has 1 saturated heterocycles. The number of phenolic OH excluding ortho intramolecular Hbond substituents is 1. The van der Waals surface area contributed by atoms with Crippen molar-refractivity contribution in [2.24, 2.45) is 0 Å². The summed E-state index contributed by atoms with van der Waals surface area (Å²) in [5, 5.41) is 64.9. The highest BCUT2D eigenvalue weighted by Gasteiger charge is 2.73. The Morgan fingerprint density at radius 3 is 2.02 bits per heavy atom. The van der Waals surface area contributed by atoms with Crippen LogP contribution in [0, 0.1) is 0 Å². The number of hydrogen-bond acceptors (Lipinski definition) is 9. The van der Waals surface area contributed by atoms with Crippen LogP contribution in [0.25, 0.3) is 21.5 Å². The largest absolute Gasteiger partial charge is 0.507 e. The summed E-state index contributed by atoms with van der Waals surface area (Å²) < 4.78 is 5.98. The van der Waals surface area contributed by atoms with Crippen LogP contribution in [0.5, 0.6) is 23.0 Å². The number of carboxylic acid groups (broad SMARTS) is 2. The van der Waals surface area contributed by atoms with Crippen molar-refractivity contribution >= 4 is 39.3 Å². The highest BCUT2D eigenvalue weighted by molar-refractivity contribution is 6.02. The number of rotatable bonds is 6. The second-order valence-electron chi connectivity index (χ2n) is 14.3. The molecule has 1 saturated carbocycles. The molecule has 1 spiro atoms. The molecule has 5 aromatic rings. The summed E-state index contributed by atoms with van der Waals surface area (Å²) in [6, 6.07) is 20.3. The standard InChI is InChI=1S/C23H16O6.C19H21NO4/c24-20-16(14-7-3-1-5-12(14)9-18(20)22(26)27)11-17-15-8-4-2-6-13(15)10-19(21(17)25)23(28)29;1-2-8-20-9-7-18-15-11-3-4-12(21)16(15)24-17(18)13(22)5-6-19(18,23)14(20)10-11/h1-10,24-25H,11H2,(H,26,27)(H,28,29);2-4,14,17,21,23H,1,5-10H2/t;14-,17?,18+,19-/m.1/s1. The van der Waals surface area contributed by atoms with Crippen molar-refractivity contribution in [3.63, 3.8) is 0 Å². The minimum atomic E-state index is -1.28. The molecule has 0 radical (unpaired) electrons. The number of carboxylic acids is 2. The number of aromatic carboxylic acids is 2. The van der Waals surface area contributed by atoms with Gasteiger partial charge >= 0.3 is 11.9 Å². The van der Waals surface area contributed by atoms with E-state index >= 15 is 0 Å². The summed E-state index contributed by atoms with van der Waals surface area (Å²) in [5.74, 6) is -2.83. The van der Waals surface area contributed by atoms with Gasteiger partial charge in [-0.1, -0.05) is 60.7 Å². The fraction of sp³-hybridized carbons (Fsp3) is 0.262. The van der Waals surface area contributed by atoms with Crippen LogP contribution in [-0.4, -0.2) is 84.1 Å². The highest BCUT2D eigenvalue weighted by atomic mass is 16.5. The Balaban J connectivity index is 0.000000153. The first-order valence-electron chi connectivity index (χ1n) is 17.5. The van der Waals surface area contributed by atoms with E-state index in [0.29, 0.717) is 64.1 Å². The monoisotopic (exact) mass is 715 g/mol. The Morgan fingerprint density at radius 2 is 1.45 bits per heavy atom. The number of carbonyl (C=O) groups excluding carboxylic acids is 1. The minimum absolute atomic E-state index is 0.0407. The zero-order chi connectivity index (χ0) is 37.4. The number of phenols is 3. The maximum atomic E-state index is 12.6. The van der Waals surface area contributed by atoms with E-state index in [0.717, 1.165) is 24.2 Å². The third-order valence-corrected chi connectivity index (χ3v) is 11.8. The molecule has 2 aliphatic heterocycles. The number of aliphatic hydroxyl groups is 1. The van der Waals surface area contributed by atoms with Crippen LogP contribution < -0.4 is 4.74 Å². The van der Waals surface area contributed by atoms with Gasteiger partial charge in [0.15, 0.2) is 23.4 Å². The first kappa shape index (κ1) is 34.2. The van der Waals surface area contributed by atoms with Crippen molar-refractivity contribution in [2.75, 3.05) is 13.1 Å². The minimum Gasteiger partial charge on any atom is -0.507 e. The smallest absolute Gasteiger partial charge is 0.339 e. The quantitative estimate of drug-likeness (QED) is 0.119. The second-order valence-corrected chi connectivity index (χ2v) is 14.3. The number of hydrogen-bond donors (Lipinski definition) is 6. The van der Waals surface area contributed by atoms with Gasteiger partial charge in [0.25, 0.3) is 0 Å². The lowest BCUT2D eigenvalue weighted by Crippen LogP contribution is -2.76.